The molecule has 2 heteroatoms. The van der Waals surface area contributed by atoms with E-state index < -0.39 is 8.07 Å². The zero-order valence-corrected chi connectivity index (χ0v) is 13.6. The molecule has 0 atom stereocenters. The Morgan fingerprint density at radius 3 is 2.18 bits per heavy atom. The van der Waals surface area contributed by atoms with Crippen molar-refractivity contribution in [1.29, 1.82) is 0 Å². The average molecular weight is 257 g/mol. The molecule has 1 nitrogen and oxygen atoms in total. The Morgan fingerprint density at radius 2 is 1.65 bits per heavy atom. The first-order chi connectivity index (χ1) is 7.83. The van der Waals surface area contributed by atoms with Crippen molar-refractivity contribution in [2.24, 2.45) is 5.92 Å². The van der Waals surface area contributed by atoms with Crippen molar-refractivity contribution in [3.8, 4) is 0 Å². The van der Waals surface area contributed by atoms with Crippen LogP contribution in [0.15, 0.2) is 0 Å². The van der Waals surface area contributed by atoms with Crippen LogP contribution in [0, 0.1) is 5.92 Å². The fourth-order valence-corrected chi connectivity index (χ4v) is 3.71. The highest BCUT2D eigenvalue weighted by Crippen LogP contribution is 2.38. The first kappa shape index (κ1) is 15.2. The monoisotopic (exact) mass is 256 g/mol. The quantitative estimate of drug-likeness (QED) is 0.491. The largest absolute Gasteiger partial charge is 0.381 e. The molecule has 1 aliphatic carbocycles. The second-order valence-electron chi connectivity index (χ2n) is 7.46. The molecular weight excluding hydrogens is 224 g/mol. The van der Waals surface area contributed by atoms with Gasteiger partial charge in [-0.1, -0.05) is 53.1 Å². The summed E-state index contributed by atoms with van der Waals surface area (Å²) < 4.78 is 5.94. The maximum Gasteiger partial charge on any atom is 0.0550 e. The summed E-state index contributed by atoms with van der Waals surface area (Å²) in [7, 11) is -1.12. The van der Waals surface area contributed by atoms with Gasteiger partial charge in [0.2, 0.25) is 0 Å². The van der Waals surface area contributed by atoms with Gasteiger partial charge in [-0.25, -0.2) is 0 Å². The van der Waals surface area contributed by atoms with Crippen molar-refractivity contribution in [2.75, 3.05) is 13.2 Å². The fourth-order valence-electron chi connectivity index (χ4n) is 2.31. The maximum atomic E-state index is 5.94. The van der Waals surface area contributed by atoms with Gasteiger partial charge in [0.15, 0.2) is 0 Å². The molecule has 1 saturated carbocycles. The first-order valence-electron chi connectivity index (χ1n) is 7.41. The Morgan fingerprint density at radius 1 is 1.06 bits per heavy atom. The third kappa shape index (κ3) is 5.13. The van der Waals surface area contributed by atoms with Gasteiger partial charge < -0.3 is 4.74 Å². The van der Waals surface area contributed by atoms with Gasteiger partial charge in [-0.05, 0) is 29.8 Å². The summed E-state index contributed by atoms with van der Waals surface area (Å²) in [5.41, 5.74) is 0. The molecular formula is C15H32OSi. The number of hydrogen-bond acceptors (Lipinski definition) is 1. The molecule has 1 rings (SSSR count). The highest BCUT2D eigenvalue weighted by Gasteiger charge is 2.34. The van der Waals surface area contributed by atoms with Crippen LogP contribution in [0.4, 0.5) is 0 Å². The van der Waals surface area contributed by atoms with Crippen molar-refractivity contribution >= 4 is 8.07 Å². The van der Waals surface area contributed by atoms with Crippen LogP contribution < -0.4 is 0 Å². The average Bonchev–Trinajstić information content (AvgIpc) is 2.24. The molecule has 102 valence electrons. The molecule has 0 amide bonds. The summed E-state index contributed by atoms with van der Waals surface area (Å²) in [4.78, 5) is 0. The molecule has 0 aromatic heterocycles. The topological polar surface area (TPSA) is 9.23 Å². The molecule has 0 heterocycles. The molecule has 1 fully saturated rings. The smallest absolute Gasteiger partial charge is 0.0550 e. The van der Waals surface area contributed by atoms with Crippen LogP contribution in [0.3, 0.4) is 0 Å². The molecule has 1 aliphatic rings. The van der Waals surface area contributed by atoms with E-state index in [1.54, 1.807) is 0 Å². The molecule has 0 aliphatic heterocycles. The third-order valence-electron chi connectivity index (χ3n) is 4.98. The molecule has 0 saturated heterocycles. The van der Waals surface area contributed by atoms with Crippen molar-refractivity contribution in [1.82, 2.24) is 0 Å². The molecule has 17 heavy (non-hydrogen) atoms. The van der Waals surface area contributed by atoms with E-state index in [2.05, 4.69) is 33.9 Å². The van der Waals surface area contributed by atoms with E-state index in [4.69, 9.17) is 4.74 Å². The van der Waals surface area contributed by atoms with Gasteiger partial charge in [0.25, 0.3) is 0 Å². The van der Waals surface area contributed by atoms with Crippen LogP contribution in [0.25, 0.3) is 0 Å². The number of rotatable bonds is 5. The van der Waals surface area contributed by atoms with Gasteiger partial charge >= 0.3 is 0 Å². The standard InChI is InChI=1S/C15H32OSi/c1-15(2,3)17(4,5)12-11-16-13-14-9-7-6-8-10-14/h14H,6-13H2,1-5H3. The Balaban J connectivity index is 2.15. The van der Waals surface area contributed by atoms with E-state index in [9.17, 15) is 0 Å². The summed E-state index contributed by atoms with van der Waals surface area (Å²) >= 11 is 0. The molecule has 0 aromatic carbocycles. The van der Waals surface area contributed by atoms with Gasteiger partial charge in [-0.3, -0.25) is 0 Å². The van der Waals surface area contributed by atoms with Crippen molar-refractivity contribution in [3.05, 3.63) is 0 Å². The van der Waals surface area contributed by atoms with Crippen LogP contribution >= 0.6 is 0 Å². The van der Waals surface area contributed by atoms with Gasteiger partial charge in [0, 0.05) is 13.2 Å². The molecule has 0 radical (unpaired) electrons. The molecule has 0 N–H and O–H groups in total. The Bertz CT molecular complexity index is 211. The van der Waals surface area contributed by atoms with Gasteiger partial charge in [-0.15, -0.1) is 0 Å². The molecule has 0 bridgehead atoms. The second kappa shape index (κ2) is 6.37. The fraction of sp³-hybridized carbons (Fsp3) is 1.00. The maximum absolute atomic E-state index is 5.94. The minimum absolute atomic E-state index is 0.501. The molecule has 0 spiro atoms. The van der Waals surface area contributed by atoms with E-state index in [1.165, 1.54) is 38.1 Å². The minimum atomic E-state index is -1.12. The molecule has 0 unspecified atom stereocenters. The van der Waals surface area contributed by atoms with E-state index in [-0.39, 0.29) is 0 Å². The third-order valence-corrected chi connectivity index (χ3v) is 10.5. The van der Waals surface area contributed by atoms with Crippen LogP contribution in [0.1, 0.15) is 52.9 Å². The number of hydrogen-bond donors (Lipinski definition) is 0. The second-order valence-corrected chi connectivity index (χ2v) is 13.2. The normalized spacial score (nSPS) is 19.6. The lowest BCUT2D eigenvalue weighted by Crippen LogP contribution is -2.38. The van der Waals surface area contributed by atoms with Crippen LogP contribution in [-0.4, -0.2) is 21.3 Å². The van der Waals surface area contributed by atoms with Crippen molar-refractivity contribution < 1.29 is 4.74 Å². The van der Waals surface area contributed by atoms with Crippen molar-refractivity contribution in [3.63, 3.8) is 0 Å². The lowest BCUT2D eigenvalue weighted by molar-refractivity contribution is 0.0940. The zero-order valence-electron chi connectivity index (χ0n) is 12.6. The summed E-state index contributed by atoms with van der Waals surface area (Å²) in [6.07, 6.45) is 7.10. The summed E-state index contributed by atoms with van der Waals surface area (Å²) in [5.74, 6) is 0.864. The summed E-state index contributed by atoms with van der Waals surface area (Å²) in [5, 5.41) is 0.501. The Labute approximate surface area is 109 Å². The van der Waals surface area contributed by atoms with Gasteiger partial charge in [0.1, 0.15) is 0 Å². The lowest BCUT2D eigenvalue weighted by Gasteiger charge is -2.37. The predicted molar refractivity (Wildman–Crippen MR) is 79.4 cm³/mol. The summed E-state index contributed by atoms with van der Waals surface area (Å²) in [6.45, 7) is 14.2. The van der Waals surface area contributed by atoms with E-state index in [1.807, 2.05) is 0 Å². The van der Waals surface area contributed by atoms with Crippen molar-refractivity contribution in [2.45, 2.75) is 77.1 Å². The minimum Gasteiger partial charge on any atom is -0.381 e. The van der Waals surface area contributed by atoms with Gasteiger partial charge in [0.05, 0.1) is 8.07 Å². The molecule has 0 aromatic rings. The van der Waals surface area contributed by atoms with E-state index >= 15 is 0 Å². The highest BCUT2D eigenvalue weighted by molar-refractivity contribution is 6.80. The Hall–Kier alpha value is 0.177. The zero-order chi connectivity index (χ0) is 12.9. The summed E-state index contributed by atoms with van der Waals surface area (Å²) in [6, 6.07) is 1.31. The lowest BCUT2D eigenvalue weighted by atomic mass is 9.90. The predicted octanol–water partition coefficient (Wildman–Crippen LogP) is 5.09. The van der Waals surface area contributed by atoms with Crippen LogP contribution in [-0.2, 0) is 4.74 Å². The highest BCUT2D eigenvalue weighted by atomic mass is 28.3. The van der Waals surface area contributed by atoms with E-state index in [0.29, 0.717) is 5.04 Å². The van der Waals surface area contributed by atoms with Crippen LogP contribution in [0.2, 0.25) is 24.2 Å². The van der Waals surface area contributed by atoms with E-state index in [0.717, 1.165) is 19.1 Å². The SMILES string of the molecule is CC(C)(C)[Si](C)(C)CCOCC1CCCCC1. The Kier molecular flexibility index (Phi) is 5.71. The first-order valence-corrected chi connectivity index (χ1v) is 10.6. The van der Waals surface area contributed by atoms with Crippen LogP contribution in [0.5, 0.6) is 0 Å². The number of ether oxygens (including phenoxy) is 1. The van der Waals surface area contributed by atoms with Gasteiger partial charge in [-0.2, -0.15) is 0 Å².